The highest BCUT2D eigenvalue weighted by atomic mass is 79.9. The number of rotatable bonds is 5. The zero-order chi connectivity index (χ0) is 14.7. The molecule has 2 aromatic rings. The molecule has 0 fully saturated rings. The summed E-state index contributed by atoms with van der Waals surface area (Å²) in [6.45, 7) is 6.89. The fourth-order valence-corrected chi connectivity index (χ4v) is 2.73. The van der Waals surface area contributed by atoms with Gasteiger partial charge in [0, 0.05) is 19.2 Å². The van der Waals surface area contributed by atoms with Crippen molar-refractivity contribution in [3.05, 3.63) is 39.6 Å². The van der Waals surface area contributed by atoms with E-state index in [0.717, 1.165) is 34.7 Å². The number of aryl methyl sites for hydroxylation is 3. The number of halogens is 1. The van der Waals surface area contributed by atoms with Crippen molar-refractivity contribution in [2.24, 2.45) is 0 Å². The van der Waals surface area contributed by atoms with Crippen molar-refractivity contribution in [1.29, 1.82) is 0 Å². The fourth-order valence-electron chi connectivity index (χ4n) is 2.28. The van der Waals surface area contributed by atoms with Crippen molar-refractivity contribution in [2.75, 3.05) is 7.05 Å². The summed E-state index contributed by atoms with van der Waals surface area (Å²) in [6, 6.07) is 2.11. The summed E-state index contributed by atoms with van der Waals surface area (Å²) >= 11 is 3.64. The van der Waals surface area contributed by atoms with Crippen LogP contribution in [0.25, 0.3) is 0 Å². The maximum absolute atomic E-state index is 4.54. The molecule has 0 saturated carbocycles. The first-order valence-corrected chi connectivity index (χ1v) is 7.54. The minimum atomic E-state index is 0.148. The summed E-state index contributed by atoms with van der Waals surface area (Å²) in [4.78, 5) is 8.67. The lowest BCUT2D eigenvalue weighted by Gasteiger charge is -2.17. The van der Waals surface area contributed by atoms with E-state index in [0.29, 0.717) is 0 Å². The highest BCUT2D eigenvalue weighted by Gasteiger charge is 2.19. The molecule has 1 N–H and O–H groups in total. The summed E-state index contributed by atoms with van der Waals surface area (Å²) in [5.41, 5.74) is 3.23. The molecule has 0 amide bonds. The smallest absolute Gasteiger partial charge is 0.125 e. The first kappa shape index (κ1) is 15.1. The van der Waals surface area contributed by atoms with Crippen molar-refractivity contribution >= 4 is 15.9 Å². The monoisotopic (exact) mass is 337 g/mol. The van der Waals surface area contributed by atoms with Crippen LogP contribution in [0.15, 0.2) is 16.7 Å². The molecule has 1 atom stereocenters. The van der Waals surface area contributed by atoms with Crippen LogP contribution in [-0.4, -0.2) is 26.8 Å². The van der Waals surface area contributed by atoms with Crippen LogP contribution < -0.4 is 5.32 Å². The molecule has 108 valence electrons. The Bertz CT molecular complexity index is 593. The molecule has 0 aliphatic rings. The standard InChI is InChI=1S/C14H20BrN5/c1-5-20-13(14(15)9(2)19-20)8-12(16-4)11-6-7-17-10(3)18-11/h6-7,12,16H,5,8H2,1-4H3. The van der Waals surface area contributed by atoms with Gasteiger partial charge in [-0.05, 0) is 49.8 Å². The zero-order valence-electron chi connectivity index (χ0n) is 12.3. The van der Waals surface area contributed by atoms with Crippen LogP contribution in [0.4, 0.5) is 0 Å². The molecular formula is C14H20BrN5. The van der Waals surface area contributed by atoms with Crippen LogP contribution >= 0.6 is 15.9 Å². The molecule has 6 heteroatoms. The first-order chi connectivity index (χ1) is 9.56. The third kappa shape index (κ3) is 3.07. The van der Waals surface area contributed by atoms with Gasteiger partial charge in [-0.2, -0.15) is 5.10 Å². The topological polar surface area (TPSA) is 55.6 Å². The number of hydrogen-bond acceptors (Lipinski definition) is 4. The molecule has 2 aromatic heterocycles. The number of nitrogens with one attached hydrogen (secondary N) is 1. The van der Waals surface area contributed by atoms with Gasteiger partial charge < -0.3 is 5.32 Å². The molecule has 5 nitrogen and oxygen atoms in total. The molecule has 0 aliphatic heterocycles. The highest BCUT2D eigenvalue weighted by molar-refractivity contribution is 9.10. The lowest BCUT2D eigenvalue weighted by Crippen LogP contribution is -2.22. The van der Waals surface area contributed by atoms with Crippen molar-refractivity contribution in [1.82, 2.24) is 25.1 Å². The Balaban J connectivity index is 2.31. The lowest BCUT2D eigenvalue weighted by molar-refractivity contribution is 0.528. The van der Waals surface area contributed by atoms with Gasteiger partial charge in [0.1, 0.15) is 5.82 Å². The number of likely N-dealkylation sites (N-methyl/N-ethyl adjacent to an activating group) is 1. The van der Waals surface area contributed by atoms with Gasteiger partial charge in [0.25, 0.3) is 0 Å². The number of aromatic nitrogens is 4. The van der Waals surface area contributed by atoms with Crippen molar-refractivity contribution in [3.8, 4) is 0 Å². The predicted molar refractivity (Wildman–Crippen MR) is 82.6 cm³/mol. The summed E-state index contributed by atoms with van der Waals surface area (Å²) in [5.74, 6) is 0.794. The molecule has 0 aromatic carbocycles. The van der Waals surface area contributed by atoms with Crippen molar-refractivity contribution in [2.45, 2.75) is 39.8 Å². The minimum Gasteiger partial charge on any atom is -0.311 e. The molecule has 1 unspecified atom stereocenters. The SMILES string of the molecule is CCn1nc(C)c(Br)c1CC(NC)c1ccnc(C)n1. The van der Waals surface area contributed by atoms with E-state index in [-0.39, 0.29) is 6.04 Å². The van der Waals surface area contributed by atoms with Gasteiger partial charge in [0.2, 0.25) is 0 Å². The average Bonchev–Trinajstić information content (AvgIpc) is 2.71. The molecule has 2 rings (SSSR count). The molecule has 0 radical (unpaired) electrons. The minimum absolute atomic E-state index is 0.148. The molecule has 0 bridgehead atoms. The van der Waals surface area contributed by atoms with Crippen LogP contribution in [0.1, 0.15) is 35.9 Å². The Morgan fingerprint density at radius 2 is 2.15 bits per heavy atom. The highest BCUT2D eigenvalue weighted by Crippen LogP contribution is 2.25. The molecule has 0 aliphatic carbocycles. The zero-order valence-corrected chi connectivity index (χ0v) is 13.9. The second-order valence-corrected chi connectivity index (χ2v) is 5.53. The van der Waals surface area contributed by atoms with E-state index >= 15 is 0 Å². The van der Waals surface area contributed by atoms with Gasteiger partial charge in [-0.1, -0.05) is 0 Å². The van der Waals surface area contributed by atoms with Gasteiger partial charge in [-0.15, -0.1) is 0 Å². The van der Waals surface area contributed by atoms with E-state index in [1.54, 1.807) is 6.20 Å². The summed E-state index contributed by atoms with van der Waals surface area (Å²) in [5, 5.41) is 7.87. The van der Waals surface area contributed by atoms with E-state index in [9.17, 15) is 0 Å². The van der Waals surface area contributed by atoms with Crippen LogP contribution in [0.3, 0.4) is 0 Å². The second-order valence-electron chi connectivity index (χ2n) is 4.74. The average molecular weight is 338 g/mol. The Kier molecular flexibility index (Phi) is 4.88. The summed E-state index contributed by atoms with van der Waals surface area (Å²) in [7, 11) is 1.95. The molecule has 0 saturated heterocycles. The Labute approximate surface area is 128 Å². The van der Waals surface area contributed by atoms with Gasteiger partial charge in [0.15, 0.2) is 0 Å². The normalized spacial score (nSPS) is 12.7. The Morgan fingerprint density at radius 1 is 1.40 bits per heavy atom. The molecule has 20 heavy (non-hydrogen) atoms. The number of nitrogens with zero attached hydrogens (tertiary/aromatic N) is 4. The van der Waals surface area contributed by atoms with Crippen LogP contribution in [0.2, 0.25) is 0 Å². The summed E-state index contributed by atoms with van der Waals surface area (Å²) < 4.78 is 3.13. The maximum Gasteiger partial charge on any atom is 0.125 e. The fraction of sp³-hybridized carbons (Fsp3) is 0.500. The Hall–Kier alpha value is -1.27. The van der Waals surface area contributed by atoms with Gasteiger partial charge in [-0.3, -0.25) is 4.68 Å². The van der Waals surface area contributed by atoms with E-state index in [1.165, 1.54) is 5.69 Å². The quantitative estimate of drug-likeness (QED) is 0.910. The maximum atomic E-state index is 4.54. The van der Waals surface area contributed by atoms with Crippen LogP contribution in [-0.2, 0) is 13.0 Å². The third-order valence-electron chi connectivity index (χ3n) is 3.35. The summed E-state index contributed by atoms with van der Waals surface area (Å²) in [6.07, 6.45) is 2.64. The molecule has 2 heterocycles. The first-order valence-electron chi connectivity index (χ1n) is 6.75. The van der Waals surface area contributed by atoms with Gasteiger partial charge in [0.05, 0.1) is 27.6 Å². The second kappa shape index (κ2) is 6.45. The van der Waals surface area contributed by atoms with E-state index in [4.69, 9.17) is 0 Å². The Morgan fingerprint density at radius 3 is 2.75 bits per heavy atom. The predicted octanol–water partition coefficient (Wildman–Crippen LogP) is 2.58. The number of hydrogen-bond donors (Lipinski definition) is 1. The van der Waals surface area contributed by atoms with E-state index in [1.807, 2.05) is 31.6 Å². The van der Waals surface area contributed by atoms with Gasteiger partial charge in [-0.25, -0.2) is 9.97 Å². The van der Waals surface area contributed by atoms with Crippen LogP contribution in [0, 0.1) is 13.8 Å². The van der Waals surface area contributed by atoms with E-state index < -0.39 is 0 Å². The largest absolute Gasteiger partial charge is 0.311 e. The van der Waals surface area contributed by atoms with Crippen molar-refractivity contribution < 1.29 is 0 Å². The molecular weight excluding hydrogens is 318 g/mol. The lowest BCUT2D eigenvalue weighted by atomic mass is 10.1. The van der Waals surface area contributed by atoms with Crippen molar-refractivity contribution in [3.63, 3.8) is 0 Å². The third-order valence-corrected chi connectivity index (χ3v) is 4.38. The van der Waals surface area contributed by atoms with E-state index in [2.05, 4.69) is 43.2 Å². The molecule has 0 spiro atoms. The van der Waals surface area contributed by atoms with Crippen LogP contribution in [0.5, 0.6) is 0 Å². The van der Waals surface area contributed by atoms with Gasteiger partial charge >= 0.3 is 0 Å².